The molecule has 0 radical (unpaired) electrons. The van der Waals surface area contributed by atoms with Crippen molar-refractivity contribution in [2.45, 2.75) is 57.6 Å². The van der Waals surface area contributed by atoms with Crippen LogP contribution in [0.15, 0.2) is 77.3 Å². The lowest BCUT2D eigenvalue weighted by molar-refractivity contribution is -0.151. The summed E-state index contributed by atoms with van der Waals surface area (Å²) >= 11 is 16.3. The highest BCUT2D eigenvalue weighted by molar-refractivity contribution is 9.10. The second-order valence-electron chi connectivity index (χ2n) is 10.1. The number of rotatable bonds is 9. The molecule has 9 heteroatoms. The Hall–Kier alpha value is -3.13. The van der Waals surface area contributed by atoms with Crippen molar-refractivity contribution in [2.24, 2.45) is 0 Å². The van der Waals surface area contributed by atoms with Crippen molar-refractivity contribution in [1.82, 2.24) is 15.1 Å². The molecule has 1 fully saturated rings. The highest BCUT2D eigenvalue weighted by Crippen LogP contribution is 2.34. The van der Waals surface area contributed by atoms with Crippen LogP contribution < -0.4 is 5.32 Å². The minimum atomic E-state index is -0.865. The molecule has 1 N–H and O–H groups in total. The summed E-state index contributed by atoms with van der Waals surface area (Å²) in [7, 11) is 0. The summed E-state index contributed by atoms with van der Waals surface area (Å²) in [4.78, 5) is 27.3. The summed E-state index contributed by atoms with van der Waals surface area (Å²) in [6.07, 6.45) is 4.49. The van der Waals surface area contributed by atoms with Crippen molar-refractivity contribution in [1.29, 1.82) is 0 Å². The fourth-order valence-electron chi connectivity index (χ4n) is 5.22. The smallest absolute Gasteiger partial charge is 0.329 e. The van der Waals surface area contributed by atoms with Crippen LogP contribution in [0.1, 0.15) is 54.2 Å². The van der Waals surface area contributed by atoms with E-state index in [9.17, 15) is 9.59 Å². The maximum absolute atomic E-state index is 13.9. The lowest BCUT2D eigenvalue weighted by Crippen LogP contribution is -2.44. The van der Waals surface area contributed by atoms with Gasteiger partial charge in [0, 0.05) is 27.0 Å². The third kappa shape index (κ3) is 6.85. The quantitative estimate of drug-likeness (QED) is 0.186. The zero-order valence-corrected chi connectivity index (χ0v) is 25.7. The van der Waals surface area contributed by atoms with Crippen molar-refractivity contribution in [3.63, 3.8) is 0 Å². The van der Waals surface area contributed by atoms with Crippen molar-refractivity contribution >= 4 is 51.0 Å². The van der Waals surface area contributed by atoms with Gasteiger partial charge < -0.3 is 10.1 Å². The Balaban J connectivity index is 1.54. The van der Waals surface area contributed by atoms with Crippen LogP contribution in [0, 0.1) is 0 Å². The molecule has 1 saturated carbocycles. The summed E-state index contributed by atoms with van der Waals surface area (Å²) in [5, 5.41) is 8.63. The molecule has 1 atom stereocenters. The fourth-order valence-corrected chi connectivity index (χ4v) is 5.97. The standard InChI is InChI=1S/C32H30BrCl2N3O3/c1-2-25-29(31(39)36-27(18-20-8-4-3-5-9-20)32(40)41-24-10-6-7-11-24)37-38(28-17-16-23(34)19-26(28)35)30(25)21-12-14-22(33)15-13-21/h3-5,8-9,12-17,19,24,27H,2,6-7,10-11,18H2,1H3,(H,36,39)/t27-/m0/s1. The summed E-state index contributed by atoms with van der Waals surface area (Å²) in [6.45, 7) is 1.97. The number of amides is 1. The maximum Gasteiger partial charge on any atom is 0.329 e. The minimum absolute atomic E-state index is 0.112. The highest BCUT2D eigenvalue weighted by atomic mass is 79.9. The zero-order valence-electron chi connectivity index (χ0n) is 22.6. The lowest BCUT2D eigenvalue weighted by atomic mass is 10.0. The van der Waals surface area contributed by atoms with Gasteiger partial charge in [-0.15, -0.1) is 0 Å². The summed E-state index contributed by atoms with van der Waals surface area (Å²) in [5.41, 5.74) is 4.07. The molecule has 1 amide bonds. The van der Waals surface area contributed by atoms with E-state index in [0.717, 1.165) is 52.5 Å². The predicted octanol–water partition coefficient (Wildman–Crippen LogP) is 8.00. The molecular weight excluding hydrogens is 625 g/mol. The normalized spacial score (nSPS) is 14.1. The number of nitrogens with one attached hydrogen (secondary N) is 1. The van der Waals surface area contributed by atoms with Gasteiger partial charge in [-0.2, -0.15) is 5.10 Å². The Kier molecular flexibility index (Phi) is 9.48. The summed E-state index contributed by atoms with van der Waals surface area (Å²) in [6, 6.07) is 21.7. The first-order chi connectivity index (χ1) is 19.8. The zero-order chi connectivity index (χ0) is 28.9. The molecule has 0 saturated heterocycles. The van der Waals surface area contributed by atoms with E-state index in [-0.39, 0.29) is 11.8 Å². The topological polar surface area (TPSA) is 73.2 Å². The van der Waals surface area contributed by atoms with Crippen molar-refractivity contribution < 1.29 is 14.3 Å². The molecule has 4 aromatic rings. The Morgan fingerprint density at radius 3 is 2.41 bits per heavy atom. The molecule has 0 spiro atoms. The molecular formula is C32H30BrCl2N3O3. The number of hydrogen-bond acceptors (Lipinski definition) is 4. The molecule has 41 heavy (non-hydrogen) atoms. The number of benzene rings is 3. The summed E-state index contributed by atoms with van der Waals surface area (Å²) in [5.74, 6) is -0.881. The molecule has 1 aliphatic carbocycles. The summed E-state index contributed by atoms with van der Waals surface area (Å²) < 4.78 is 8.44. The second kappa shape index (κ2) is 13.2. The van der Waals surface area contributed by atoms with E-state index in [1.165, 1.54) is 0 Å². The number of carbonyl (C=O) groups is 2. The van der Waals surface area contributed by atoms with Gasteiger partial charge in [-0.3, -0.25) is 4.79 Å². The Morgan fingerprint density at radius 1 is 1.05 bits per heavy atom. The first-order valence-electron chi connectivity index (χ1n) is 13.7. The van der Waals surface area contributed by atoms with Gasteiger partial charge in [0.1, 0.15) is 12.1 Å². The monoisotopic (exact) mass is 653 g/mol. The van der Waals surface area contributed by atoms with Gasteiger partial charge in [-0.1, -0.05) is 88.5 Å². The van der Waals surface area contributed by atoms with Crippen LogP contribution in [-0.2, 0) is 22.4 Å². The molecule has 1 aromatic heterocycles. The van der Waals surface area contributed by atoms with Crippen molar-refractivity contribution in [2.75, 3.05) is 0 Å². The van der Waals surface area contributed by atoms with Crippen LogP contribution in [0.5, 0.6) is 0 Å². The molecule has 0 unspecified atom stereocenters. The number of hydrogen-bond donors (Lipinski definition) is 1. The van der Waals surface area contributed by atoms with Gasteiger partial charge in [0.15, 0.2) is 5.69 Å². The average Bonchev–Trinajstić information content (AvgIpc) is 3.61. The van der Waals surface area contributed by atoms with E-state index in [0.29, 0.717) is 28.6 Å². The van der Waals surface area contributed by atoms with Crippen LogP contribution in [0.3, 0.4) is 0 Å². The first kappa shape index (κ1) is 29.4. The van der Waals surface area contributed by atoms with Crippen LogP contribution in [0.2, 0.25) is 10.0 Å². The Morgan fingerprint density at radius 2 is 1.76 bits per heavy atom. The van der Waals surface area contributed by atoms with Crippen LogP contribution in [-0.4, -0.2) is 33.8 Å². The second-order valence-corrected chi connectivity index (χ2v) is 11.9. The molecule has 1 aliphatic rings. The van der Waals surface area contributed by atoms with Gasteiger partial charge in [0.05, 0.1) is 16.4 Å². The number of esters is 1. The molecule has 3 aromatic carbocycles. The molecule has 0 aliphatic heterocycles. The van der Waals surface area contributed by atoms with Gasteiger partial charge in [-0.05, 0) is 68.0 Å². The maximum atomic E-state index is 13.9. The number of nitrogens with zero attached hydrogens (tertiary/aromatic N) is 2. The molecule has 1 heterocycles. The van der Waals surface area contributed by atoms with Gasteiger partial charge >= 0.3 is 5.97 Å². The Labute approximate surface area is 258 Å². The van der Waals surface area contributed by atoms with Gasteiger partial charge in [0.25, 0.3) is 5.91 Å². The van der Waals surface area contributed by atoms with E-state index in [2.05, 4.69) is 21.2 Å². The Bertz CT molecular complexity index is 1530. The van der Waals surface area contributed by atoms with Crippen LogP contribution in [0.4, 0.5) is 0 Å². The first-order valence-corrected chi connectivity index (χ1v) is 15.3. The van der Waals surface area contributed by atoms with Gasteiger partial charge in [0.2, 0.25) is 0 Å². The number of aromatic nitrogens is 2. The van der Waals surface area contributed by atoms with Crippen molar-refractivity contribution in [3.8, 4) is 16.9 Å². The van der Waals surface area contributed by atoms with E-state index in [4.69, 9.17) is 33.0 Å². The van der Waals surface area contributed by atoms with E-state index in [1.807, 2.05) is 61.5 Å². The third-order valence-electron chi connectivity index (χ3n) is 7.27. The SMILES string of the molecule is CCc1c(C(=O)N[C@@H](Cc2ccccc2)C(=O)OC2CCCC2)nn(-c2ccc(Cl)cc2Cl)c1-c1ccc(Br)cc1. The van der Waals surface area contributed by atoms with E-state index < -0.39 is 17.9 Å². The molecule has 5 rings (SSSR count). The van der Waals surface area contributed by atoms with Crippen LogP contribution in [0.25, 0.3) is 16.9 Å². The van der Waals surface area contributed by atoms with Crippen LogP contribution >= 0.6 is 39.1 Å². The molecule has 0 bridgehead atoms. The molecule has 6 nitrogen and oxygen atoms in total. The average molecular weight is 655 g/mol. The minimum Gasteiger partial charge on any atom is -0.461 e. The largest absolute Gasteiger partial charge is 0.461 e. The fraction of sp³-hybridized carbons (Fsp3) is 0.281. The highest BCUT2D eigenvalue weighted by Gasteiger charge is 2.31. The third-order valence-corrected chi connectivity index (χ3v) is 8.33. The van der Waals surface area contributed by atoms with E-state index >= 15 is 0 Å². The number of carbonyl (C=O) groups excluding carboxylic acids is 2. The van der Waals surface area contributed by atoms with Gasteiger partial charge in [-0.25, -0.2) is 9.48 Å². The lowest BCUT2D eigenvalue weighted by Gasteiger charge is -2.20. The van der Waals surface area contributed by atoms with E-state index in [1.54, 1.807) is 22.9 Å². The number of halogens is 3. The number of ether oxygens (including phenoxy) is 1. The molecule has 212 valence electrons. The van der Waals surface area contributed by atoms with Crippen molar-refractivity contribution in [3.05, 3.63) is 104 Å². The predicted molar refractivity (Wildman–Crippen MR) is 166 cm³/mol.